The summed E-state index contributed by atoms with van der Waals surface area (Å²) < 4.78 is 1.88. The monoisotopic (exact) mass is 258 g/mol. The minimum Gasteiger partial charge on any atom is -0.395 e. The van der Waals surface area contributed by atoms with Crippen molar-refractivity contribution in [3.8, 4) is 0 Å². The van der Waals surface area contributed by atoms with Crippen LogP contribution in [0.3, 0.4) is 0 Å². The summed E-state index contributed by atoms with van der Waals surface area (Å²) in [5.41, 5.74) is 0. The number of piperazine rings is 1. The van der Waals surface area contributed by atoms with Gasteiger partial charge in [-0.25, -0.2) is 0 Å². The molecule has 0 unspecified atom stereocenters. The molecule has 1 aromatic rings. The Kier molecular flexibility index (Phi) is 4.79. The summed E-state index contributed by atoms with van der Waals surface area (Å²) in [4.78, 5) is 4.71. The SMILES string of the molecule is OCCN1CCN(CCn2cc(Cl)cn2)CC1. The molecule has 0 saturated carbocycles. The van der Waals surface area contributed by atoms with E-state index in [9.17, 15) is 0 Å². The highest BCUT2D eigenvalue weighted by Gasteiger charge is 2.15. The van der Waals surface area contributed by atoms with Gasteiger partial charge < -0.3 is 5.11 Å². The van der Waals surface area contributed by atoms with Gasteiger partial charge in [0.25, 0.3) is 0 Å². The third-order valence-corrected chi connectivity index (χ3v) is 3.32. The van der Waals surface area contributed by atoms with E-state index in [1.165, 1.54) is 0 Å². The number of hydrogen-bond donors (Lipinski definition) is 1. The Morgan fingerprint density at radius 3 is 2.29 bits per heavy atom. The van der Waals surface area contributed by atoms with Crippen LogP contribution >= 0.6 is 11.6 Å². The van der Waals surface area contributed by atoms with Gasteiger partial charge in [-0.3, -0.25) is 14.5 Å². The molecule has 0 radical (unpaired) electrons. The number of aliphatic hydroxyl groups is 1. The van der Waals surface area contributed by atoms with Crippen LogP contribution in [0.4, 0.5) is 0 Å². The Morgan fingerprint density at radius 2 is 1.76 bits per heavy atom. The molecule has 96 valence electrons. The summed E-state index contributed by atoms with van der Waals surface area (Å²) in [5, 5.41) is 13.7. The zero-order valence-corrected chi connectivity index (χ0v) is 10.7. The van der Waals surface area contributed by atoms with Gasteiger partial charge in [-0.1, -0.05) is 11.6 Å². The van der Waals surface area contributed by atoms with Crippen molar-refractivity contribution in [1.82, 2.24) is 19.6 Å². The average Bonchev–Trinajstić information content (AvgIpc) is 2.75. The molecule has 0 spiro atoms. The van der Waals surface area contributed by atoms with E-state index in [4.69, 9.17) is 16.7 Å². The first-order valence-corrected chi connectivity index (χ1v) is 6.39. The van der Waals surface area contributed by atoms with Gasteiger partial charge in [0.05, 0.1) is 24.4 Å². The molecule has 1 saturated heterocycles. The second-order valence-electron chi connectivity index (χ2n) is 4.33. The third kappa shape index (κ3) is 3.96. The van der Waals surface area contributed by atoms with Crippen LogP contribution in [0, 0.1) is 0 Å². The summed E-state index contributed by atoms with van der Waals surface area (Å²) >= 11 is 5.81. The second kappa shape index (κ2) is 6.35. The van der Waals surface area contributed by atoms with Crippen molar-refractivity contribution in [2.45, 2.75) is 6.54 Å². The van der Waals surface area contributed by atoms with Crippen molar-refractivity contribution in [3.05, 3.63) is 17.4 Å². The van der Waals surface area contributed by atoms with E-state index in [-0.39, 0.29) is 6.61 Å². The summed E-state index contributed by atoms with van der Waals surface area (Å²) in [6, 6.07) is 0. The lowest BCUT2D eigenvalue weighted by atomic mass is 10.3. The number of β-amino-alcohol motifs (C(OH)–C–C–N with tert-alkyl or cyclic N) is 1. The Labute approximate surface area is 107 Å². The first-order valence-electron chi connectivity index (χ1n) is 6.01. The molecule has 1 N–H and O–H groups in total. The highest BCUT2D eigenvalue weighted by Crippen LogP contribution is 2.05. The van der Waals surface area contributed by atoms with E-state index in [0.717, 1.165) is 45.8 Å². The van der Waals surface area contributed by atoms with E-state index in [0.29, 0.717) is 5.02 Å². The van der Waals surface area contributed by atoms with Crippen LogP contribution in [-0.2, 0) is 6.54 Å². The van der Waals surface area contributed by atoms with Crippen LogP contribution in [0.15, 0.2) is 12.4 Å². The normalized spacial score (nSPS) is 18.7. The quantitative estimate of drug-likeness (QED) is 0.817. The lowest BCUT2D eigenvalue weighted by molar-refractivity contribution is 0.109. The van der Waals surface area contributed by atoms with Gasteiger partial charge in [0.1, 0.15) is 0 Å². The van der Waals surface area contributed by atoms with E-state index in [2.05, 4.69) is 14.9 Å². The van der Waals surface area contributed by atoms with Crippen molar-refractivity contribution in [1.29, 1.82) is 0 Å². The molecule has 1 fully saturated rings. The molecule has 0 atom stereocenters. The molecule has 17 heavy (non-hydrogen) atoms. The van der Waals surface area contributed by atoms with Crippen molar-refractivity contribution >= 4 is 11.6 Å². The van der Waals surface area contributed by atoms with Crippen molar-refractivity contribution in [2.24, 2.45) is 0 Å². The van der Waals surface area contributed by atoms with Gasteiger partial charge in [-0.2, -0.15) is 5.10 Å². The van der Waals surface area contributed by atoms with Gasteiger partial charge in [-0.05, 0) is 0 Å². The Morgan fingerprint density at radius 1 is 1.12 bits per heavy atom. The molecule has 2 heterocycles. The minimum absolute atomic E-state index is 0.256. The number of hydrogen-bond acceptors (Lipinski definition) is 4. The first kappa shape index (κ1) is 12.8. The highest BCUT2D eigenvalue weighted by atomic mass is 35.5. The van der Waals surface area contributed by atoms with Gasteiger partial charge in [0.2, 0.25) is 0 Å². The number of halogens is 1. The van der Waals surface area contributed by atoms with Crippen LogP contribution in [0.5, 0.6) is 0 Å². The number of aromatic nitrogens is 2. The smallest absolute Gasteiger partial charge is 0.0785 e. The largest absolute Gasteiger partial charge is 0.395 e. The summed E-state index contributed by atoms with van der Waals surface area (Å²) in [6.07, 6.45) is 3.52. The molecule has 1 aliphatic heterocycles. The van der Waals surface area contributed by atoms with Crippen molar-refractivity contribution < 1.29 is 5.11 Å². The zero-order valence-electron chi connectivity index (χ0n) is 9.93. The van der Waals surface area contributed by atoms with Crippen LogP contribution in [0.25, 0.3) is 0 Å². The van der Waals surface area contributed by atoms with Gasteiger partial charge in [0, 0.05) is 45.5 Å². The maximum absolute atomic E-state index is 8.86. The fourth-order valence-electron chi connectivity index (χ4n) is 2.08. The van der Waals surface area contributed by atoms with Crippen LogP contribution < -0.4 is 0 Å². The first-order chi connectivity index (χ1) is 8.28. The molecule has 1 aromatic heterocycles. The molecule has 0 aliphatic carbocycles. The Bertz CT molecular complexity index is 336. The summed E-state index contributed by atoms with van der Waals surface area (Å²) in [5.74, 6) is 0. The topological polar surface area (TPSA) is 44.5 Å². The molecule has 5 nitrogen and oxygen atoms in total. The molecule has 0 amide bonds. The fourth-order valence-corrected chi connectivity index (χ4v) is 2.24. The predicted molar refractivity (Wildman–Crippen MR) is 67.2 cm³/mol. The summed E-state index contributed by atoms with van der Waals surface area (Å²) in [6.45, 7) is 7.15. The van der Waals surface area contributed by atoms with Crippen LogP contribution in [0.1, 0.15) is 0 Å². The highest BCUT2D eigenvalue weighted by molar-refractivity contribution is 6.30. The third-order valence-electron chi connectivity index (χ3n) is 3.13. The molecular weight excluding hydrogens is 240 g/mol. The molecule has 0 aromatic carbocycles. The van der Waals surface area contributed by atoms with Gasteiger partial charge in [-0.15, -0.1) is 0 Å². The van der Waals surface area contributed by atoms with Crippen LogP contribution in [-0.4, -0.2) is 70.6 Å². The molecule has 1 aliphatic rings. The average molecular weight is 259 g/mol. The van der Waals surface area contributed by atoms with Crippen molar-refractivity contribution in [2.75, 3.05) is 45.9 Å². The Hall–Kier alpha value is -0.620. The van der Waals surface area contributed by atoms with Crippen LogP contribution in [0.2, 0.25) is 5.02 Å². The minimum atomic E-state index is 0.256. The number of aliphatic hydroxyl groups excluding tert-OH is 1. The van der Waals surface area contributed by atoms with E-state index >= 15 is 0 Å². The maximum Gasteiger partial charge on any atom is 0.0785 e. The van der Waals surface area contributed by atoms with Gasteiger partial charge in [0.15, 0.2) is 0 Å². The van der Waals surface area contributed by atoms with Gasteiger partial charge >= 0.3 is 0 Å². The second-order valence-corrected chi connectivity index (χ2v) is 4.76. The summed E-state index contributed by atoms with van der Waals surface area (Å²) in [7, 11) is 0. The molecule has 0 bridgehead atoms. The van der Waals surface area contributed by atoms with Crippen molar-refractivity contribution in [3.63, 3.8) is 0 Å². The molecular formula is C11H19ClN4O. The van der Waals surface area contributed by atoms with E-state index < -0.39 is 0 Å². The Balaban J connectivity index is 1.68. The molecule has 2 rings (SSSR count). The van der Waals surface area contributed by atoms with E-state index in [1.807, 2.05) is 10.9 Å². The van der Waals surface area contributed by atoms with E-state index in [1.54, 1.807) is 6.20 Å². The zero-order chi connectivity index (χ0) is 12.1. The predicted octanol–water partition coefficient (Wildman–Crippen LogP) is 0.146. The molecule has 6 heteroatoms. The maximum atomic E-state index is 8.86. The standard InChI is InChI=1S/C11H19ClN4O/c12-11-9-13-16(10-11)6-5-14-1-3-15(4-2-14)7-8-17/h9-10,17H,1-8H2. The lowest BCUT2D eigenvalue weighted by Gasteiger charge is -2.34. The number of rotatable bonds is 5. The number of nitrogens with zero attached hydrogens (tertiary/aromatic N) is 4. The lowest BCUT2D eigenvalue weighted by Crippen LogP contribution is -2.47. The fraction of sp³-hybridized carbons (Fsp3) is 0.727.